The van der Waals surface area contributed by atoms with E-state index in [9.17, 15) is 0 Å². The summed E-state index contributed by atoms with van der Waals surface area (Å²) in [5, 5.41) is 10.4. The predicted octanol–water partition coefficient (Wildman–Crippen LogP) is 9.94. The third-order valence-electron chi connectivity index (χ3n) is 9.01. The van der Waals surface area contributed by atoms with Gasteiger partial charge in [-0.2, -0.15) is 6.07 Å². The van der Waals surface area contributed by atoms with E-state index in [1.807, 2.05) is 48.1 Å². The van der Waals surface area contributed by atoms with Crippen molar-refractivity contribution in [3.63, 3.8) is 0 Å². The van der Waals surface area contributed by atoms with Crippen LogP contribution in [0.15, 0.2) is 110 Å². The Morgan fingerprint density at radius 3 is 2.31 bits per heavy atom. The van der Waals surface area contributed by atoms with Gasteiger partial charge in [0, 0.05) is 72.1 Å². The van der Waals surface area contributed by atoms with Crippen LogP contribution in [0.4, 0.5) is 0 Å². The first kappa shape index (κ1) is 25.3. The summed E-state index contributed by atoms with van der Waals surface area (Å²) in [6.07, 6.45) is 5.73. The van der Waals surface area contributed by atoms with Crippen molar-refractivity contribution in [3.8, 4) is 11.5 Å². The van der Waals surface area contributed by atoms with Gasteiger partial charge < -0.3 is 13.5 Å². The number of fused-ring (bicyclic) bond motifs is 15. The van der Waals surface area contributed by atoms with E-state index < -0.39 is 0 Å². The zero-order valence-electron chi connectivity index (χ0n) is 23.3. The van der Waals surface area contributed by atoms with E-state index in [-0.39, 0.29) is 20.4 Å². The van der Waals surface area contributed by atoms with E-state index in [0.29, 0.717) is 11.5 Å². The predicted molar refractivity (Wildman–Crippen MR) is 180 cm³/mol. The molecule has 45 heavy (non-hydrogen) atoms. The van der Waals surface area contributed by atoms with Gasteiger partial charge in [0.25, 0.3) is 0 Å². The first-order chi connectivity index (χ1) is 21.8. The average Bonchev–Trinajstić information content (AvgIpc) is 3.84. The Bertz CT molecular complexity index is 2990. The quantitative estimate of drug-likeness (QED) is 0.103. The monoisotopic (exact) mass is 684 g/mol. The van der Waals surface area contributed by atoms with Gasteiger partial charge in [-0.3, -0.25) is 4.98 Å². The fourth-order valence-electron chi connectivity index (χ4n) is 7.16. The Morgan fingerprint density at radius 2 is 1.38 bits per heavy atom. The molecular formula is C38H18N4OPdS. The van der Waals surface area contributed by atoms with Crippen molar-refractivity contribution in [2.45, 2.75) is 0 Å². The Balaban J connectivity index is 0.00000265. The Morgan fingerprint density at radius 1 is 0.600 bits per heavy atom. The first-order valence-corrected chi connectivity index (χ1v) is 15.3. The molecule has 0 atom stereocenters. The zero-order chi connectivity index (χ0) is 28.5. The molecule has 0 amide bonds. The molecule has 11 rings (SSSR count). The van der Waals surface area contributed by atoms with Crippen LogP contribution in [-0.4, -0.2) is 18.8 Å². The van der Waals surface area contributed by atoms with Gasteiger partial charge in [0.15, 0.2) is 0 Å². The molecule has 212 valence electrons. The van der Waals surface area contributed by atoms with Crippen LogP contribution in [-0.2, 0) is 20.4 Å². The molecule has 0 aliphatic carbocycles. The van der Waals surface area contributed by atoms with E-state index in [4.69, 9.17) is 14.7 Å². The summed E-state index contributed by atoms with van der Waals surface area (Å²) in [5.74, 6) is 1.25. The number of benzene rings is 5. The second kappa shape index (κ2) is 9.00. The number of pyridine rings is 2. The maximum Gasteiger partial charge on any atom is 2.00 e. The van der Waals surface area contributed by atoms with Gasteiger partial charge in [-0.25, -0.2) is 4.98 Å². The Labute approximate surface area is 272 Å². The molecule has 0 bridgehead atoms. The van der Waals surface area contributed by atoms with Crippen LogP contribution < -0.4 is 4.74 Å². The minimum atomic E-state index is 0. The number of nitrogens with zero attached hydrogens (tertiary/aromatic N) is 4. The number of imidazole rings is 1. The van der Waals surface area contributed by atoms with Crippen molar-refractivity contribution in [1.29, 1.82) is 0 Å². The molecule has 0 saturated carbocycles. The molecule has 5 aromatic carbocycles. The van der Waals surface area contributed by atoms with Crippen LogP contribution in [0.25, 0.3) is 85.7 Å². The van der Waals surface area contributed by atoms with Crippen molar-refractivity contribution in [1.82, 2.24) is 18.8 Å². The van der Waals surface area contributed by atoms with Crippen LogP contribution >= 0.6 is 11.3 Å². The van der Waals surface area contributed by atoms with E-state index >= 15 is 0 Å². The molecule has 0 aliphatic rings. The largest absolute Gasteiger partial charge is 2.00 e. The van der Waals surface area contributed by atoms with E-state index in [2.05, 4.69) is 93.7 Å². The summed E-state index contributed by atoms with van der Waals surface area (Å²) in [5.41, 5.74) is 5.05. The van der Waals surface area contributed by atoms with Gasteiger partial charge in [-0.1, -0.05) is 58.8 Å². The van der Waals surface area contributed by atoms with Gasteiger partial charge in [0.05, 0.1) is 5.65 Å². The minimum absolute atomic E-state index is 0. The molecule has 6 heterocycles. The second-order valence-corrected chi connectivity index (χ2v) is 12.4. The molecule has 0 unspecified atom stereocenters. The number of aromatic nitrogens is 4. The van der Waals surface area contributed by atoms with Crippen LogP contribution in [0.2, 0.25) is 0 Å². The fourth-order valence-corrected chi connectivity index (χ4v) is 8.28. The topological polar surface area (TPSA) is 43.8 Å². The van der Waals surface area contributed by atoms with E-state index in [0.717, 1.165) is 43.9 Å². The van der Waals surface area contributed by atoms with Gasteiger partial charge in [0.2, 0.25) is 0 Å². The number of para-hydroxylation sites is 1. The number of ether oxygens (including phenoxy) is 1. The maximum absolute atomic E-state index is 6.46. The number of rotatable bonds is 2. The molecular weight excluding hydrogens is 667 g/mol. The molecule has 0 fully saturated rings. The van der Waals surface area contributed by atoms with Gasteiger partial charge in [0.1, 0.15) is 5.65 Å². The van der Waals surface area contributed by atoms with Gasteiger partial charge in [-0.05, 0) is 41.1 Å². The van der Waals surface area contributed by atoms with E-state index in [1.54, 1.807) is 0 Å². The molecule has 5 nitrogen and oxygen atoms in total. The standard InChI is InChI=1S/C38H18N4OS.Pd/c1-2-9-34-25(5-1)30-19-32-29(20-35(30)44-34)23-12-10-21(17-31(23)37-40-15-16-41(32)37)43-22-11-13-24-26-6-3-7-27-28-8-4-14-39-38(28)42(36(26)27)33(24)18-22;/h1-16,19-20H;/q-2;+2. The number of hydrogen-bond donors (Lipinski definition) is 0. The van der Waals surface area contributed by atoms with Crippen molar-refractivity contribution in [2.75, 3.05) is 0 Å². The summed E-state index contributed by atoms with van der Waals surface area (Å²) in [6, 6.07) is 39.2. The van der Waals surface area contributed by atoms with Gasteiger partial charge >= 0.3 is 20.4 Å². The molecule has 6 aromatic heterocycles. The van der Waals surface area contributed by atoms with Gasteiger partial charge in [-0.15, -0.1) is 41.0 Å². The summed E-state index contributed by atoms with van der Waals surface area (Å²) in [7, 11) is 0. The normalized spacial score (nSPS) is 12.3. The number of thiophene rings is 1. The smallest absolute Gasteiger partial charge is 0.503 e. The fraction of sp³-hybridized carbons (Fsp3) is 0. The molecule has 0 saturated heterocycles. The second-order valence-electron chi connectivity index (χ2n) is 11.3. The molecule has 0 aliphatic heterocycles. The third-order valence-corrected chi connectivity index (χ3v) is 10.1. The molecule has 0 radical (unpaired) electrons. The minimum Gasteiger partial charge on any atom is -0.503 e. The molecule has 0 spiro atoms. The zero-order valence-corrected chi connectivity index (χ0v) is 25.7. The van der Waals surface area contributed by atoms with Crippen molar-refractivity contribution in [2.24, 2.45) is 0 Å². The summed E-state index contributed by atoms with van der Waals surface area (Å²) >= 11 is 1.83. The van der Waals surface area contributed by atoms with Crippen LogP contribution in [0, 0.1) is 12.1 Å². The summed E-state index contributed by atoms with van der Waals surface area (Å²) in [6.45, 7) is 0. The van der Waals surface area contributed by atoms with Crippen molar-refractivity contribution in [3.05, 3.63) is 122 Å². The maximum atomic E-state index is 6.46. The Kier molecular flexibility index (Phi) is 5.06. The van der Waals surface area contributed by atoms with Crippen molar-refractivity contribution < 1.29 is 25.2 Å². The summed E-state index contributed by atoms with van der Waals surface area (Å²) < 4.78 is 13.4. The SMILES string of the molecule is [Pd+2].[c-]1c(Oc2[c-]c3c(cc2)c2cccc4c5cccnc5n3c24)ccc2c1c1nccn1c1cc3c(cc21)sc1ccccc13. The molecule has 7 heteroatoms. The van der Waals surface area contributed by atoms with Crippen LogP contribution in [0.3, 0.4) is 0 Å². The summed E-state index contributed by atoms with van der Waals surface area (Å²) in [4.78, 5) is 9.49. The van der Waals surface area contributed by atoms with Crippen LogP contribution in [0.1, 0.15) is 0 Å². The molecule has 11 aromatic rings. The van der Waals surface area contributed by atoms with Crippen LogP contribution in [0.5, 0.6) is 11.5 Å². The van der Waals surface area contributed by atoms with Crippen molar-refractivity contribution >= 4 is 97.1 Å². The first-order valence-electron chi connectivity index (χ1n) is 14.5. The van der Waals surface area contributed by atoms with E-state index in [1.165, 1.54) is 41.8 Å². The Hall–Kier alpha value is -5.06. The molecule has 0 N–H and O–H groups in total. The third kappa shape index (κ3) is 3.30. The average molecular weight is 685 g/mol. The number of hydrogen-bond acceptors (Lipinski definition) is 4.